The molecule has 0 aromatic rings. The van der Waals surface area contributed by atoms with Crippen molar-refractivity contribution in [3.63, 3.8) is 0 Å². The molecule has 0 spiro atoms. The number of hydrogen-bond donors (Lipinski definition) is 2. The highest BCUT2D eigenvalue weighted by Crippen LogP contribution is 2.22. The van der Waals surface area contributed by atoms with Gasteiger partial charge in [0.05, 0.1) is 11.7 Å². The van der Waals surface area contributed by atoms with Gasteiger partial charge in [0.15, 0.2) is 0 Å². The number of nitrogens with zero attached hydrogens (tertiary/aromatic N) is 1. The minimum atomic E-state index is -0.577. The quantitative estimate of drug-likeness (QED) is 0.755. The third kappa shape index (κ3) is 5.28. The summed E-state index contributed by atoms with van der Waals surface area (Å²) in [5.41, 5.74) is -0.577. The Labute approximate surface area is 99.5 Å². The highest BCUT2D eigenvalue weighted by Gasteiger charge is 2.25. The SMILES string of the molecule is CC(O)CC1CCCCN1CCC(C)(C)O. The fourth-order valence-corrected chi connectivity index (χ4v) is 2.43. The van der Waals surface area contributed by atoms with E-state index in [1.807, 2.05) is 20.8 Å². The molecule has 2 N–H and O–H groups in total. The first-order chi connectivity index (χ1) is 7.38. The normalized spacial score (nSPS) is 25.7. The van der Waals surface area contributed by atoms with Gasteiger partial charge < -0.3 is 15.1 Å². The lowest BCUT2D eigenvalue weighted by molar-refractivity contribution is 0.0346. The van der Waals surface area contributed by atoms with Crippen LogP contribution in [-0.4, -0.2) is 45.9 Å². The Balaban J connectivity index is 2.41. The van der Waals surface area contributed by atoms with Crippen LogP contribution in [0.5, 0.6) is 0 Å². The fraction of sp³-hybridized carbons (Fsp3) is 1.00. The van der Waals surface area contributed by atoms with Crippen LogP contribution in [-0.2, 0) is 0 Å². The number of hydrogen-bond acceptors (Lipinski definition) is 3. The number of likely N-dealkylation sites (tertiary alicyclic amines) is 1. The van der Waals surface area contributed by atoms with Crippen LogP contribution in [0.1, 0.15) is 52.9 Å². The van der Waals surface area contributed by atoms with Crippen LogP contribution in [0.15, 0.2) is 0 Å². The second kappa shape index (κ2) is 5.99. The molecule has 1 fully saturated rings. The molecule has 1 saturated heterocycles. The fourth-order valence-electron chi connectivity index (χ4n) is 2.43. The van der Waals surface area contributed by atoms with Crippen LogP contribution in [0.2, 0.25) is 0 Å². The molecule has 0 radical (unpaired) electrons. The molecule has 1 heterocycles. The van der Waals surface area contributed by atoms with Crippen LogP contribution < -0.4 is 0 Å². The van der Waals surface area contributed by atoms with Gasteiger partial charge in [0.25, 0.3) is 0 Å². The molecule has 0 aromatic carbocycles. The first-order valence-corrected chi connectivity index (χ1v) is 6.53. The van der Waals surface area contributed by atoms with E-state index in [4.69, 9.17) is 0 Å². The van der Waals surface area contributed by atoms with Crippen molar-refractivity contribution in [1.29, 1.82) is 0 Å². The summed E-state index contributed by atoms with van der Waals surface area (Å²) < 4.78 is 0. The molecular weight excluding hydrogens is 202 g/mol. The van der Waals surface area contributed by atoms with Crippen molar-refractivity contribution in [3.05, 3.63) is 0 Å². The molecule has 0 bridgehead atoms. The number of aliphatic hydroxyl groups is 2. The van der Waals surface area contributed by atoms with E-state index in [2.05, 4.69) is 4.90 Å². The van der Waals surface area contributed by atoms with E-state index in [1.54, 1.807) is 0 Å². The Hall–Kier alpha value is -0.120. The highest BCUT2D eigenvalue weighted by atomic mass is 16.3. The smallest absolute Gasteiger partial charge is 0.0603 e. The number of piperidine rings is 1. The molecule has 0 aromatic heterocycles. The summed E-state index contributed by atoms with van der Waals surface area (Å²) in [5.74, 6) is 0. The van der Waals surface area contributed by atoms with E-state index in [0.29, 0.717) is 6.04 Å². The van der Waals surface area contributed by atoms with Crippen LogP contribution in [0.25, 0.3) is 0 Å². The number of rotatable bonds is 5. The van der Waals surface area contributed by atoms with Gasteiger partial charge in [-0.3, -0.25) is 0 Å². The molecule has 1 aliphatic rings. The first kappa shape index (κ1) is 13.9. The minimum absolute atomic E-state index is 0.215. The van der Waals surface area contributed by atoms with Gasteiger partial charge in [-0.15, -0.1) is 0 Å². The lowest BCUT2D eigenvalue weighted by Crippen LogP contribution is -2.43. The molecular formula is C13H27NO2. The lowest BCUT2D eigenvalue weighted by atomic mass is 9.95. The third-order valence-corrected chi connectivity index (χ3v) is 3.37. The summed E-state index contributed by atoms with van der Waals surface area (Å²) in [6.45, 7) is 7.65. The second-order valence-corrected chi connectivity index (χ2v) is 5.83. The molecule has 2 atom stereocenters. The van der Waals surface area contributed by atoms with Gasteiger partial charge in [-0.25, -0.2) is 0 Å². The van der Waals surface area contributed by atoms with E-state index in [-0.39, 0.29) is 6.10 Å². The van der Waals surface area contributed by atoms with Gasteiger partial charge in [-0.2, -0.15) is 0 Å². The molecule has 96 valence electrons. The standard InChI is InChI=1S/C13H27NO2/c1-11(15)10-12-6-4-5-8-14(12)9-7-13(2,3)16/h11-12,15-16H,4-10H2,1-3H3. The maximum atomic E-state index is 9.74. The van der Waals surface area contributed by atoms with Crippen molar-refractivity contribution in [2.24, 2.45) is 0 Å². The van der Waals surface area contributed by atoms with Gasteiger partial charge in [0.2, 0.25) is 0 Å². The van der Waals surface area contributed by atoms with Crippen LogP contribution >= 0.6 is 0 Å². The zero-order valence-corrected chi connectivity index (χ0v) is 10.9. The highest BCUT2D eigenvalue weighted by molar-refractivity contribution is 4.80. The van der Waals surface area contributed by atoms with E-state index in [0.717, 1.165) is 25.9 Å². The summed E-state index contributed by atoms with van der Waals surface area (Å²) in [6.07, 6.45) is 5.18. The first-order valence-electron chi connectivity index (χ1n) is 6.53. The average molecular weight is 229 g/mol. The van der Waals surface area contributed by atoms with E-state index < -0.39 is 5.60 Å². The van der Waals surface area contributed by atoms with Crippen molar-refractivity contribution < 1.29 is 10.2 Å². The molecule has 3 heteroatoms. The largest absolute Gasteiger partial charge is 0.393 e. The summed E-state index contributed by atoms with van der Waals surface area (Å²) in [6, 6.07) is 0.510. The van der Waals surface area contributed by atoms with Crippen LogP contribution in [0, 0.1) is 0 Å². The lowest BCUT2D eigenvalue weighted by Gasteiger charge is -2.37. The molecule has 1 rings (SSSR count). The van der Waals surface area contributed by atoms with E-state index in [9.17, 15) is 10.2 Å². The predicted octanol–water partition coefficient (Wildman–Crippen LogP) is 1.77. The summed E-state index contributed by atoms with van der Waals surface area (Å²) in [5, 5.41) is 19.2. The Morgan fingerprint density at radius 1 is 1.38 bits per heavy atom. The average Bonchev–Trinajstić information content (AvgIpc) is 2.14. The van der Waals surface area contributed by atoms with E-state index in [1.165, 1.54) is 19.3 Å². The molecule has 2 unspecified atom stereocenters. The topological polar surface area (TPSA) is 43.7 Å². The molecule has 0 saturated carbocycles. The zero-order valence-electron chi connectivity index (χ0n) is 10.9. The van der Waals surface area contributed by atoms with E-state index >= 15 is 0 Å². The Kier molecular flexibility index (Phi) is 5.22. The second-order valence-electron chi connectivity index (χ2n) is 5.83. The summed E-state index contributed by atoms with van der Waals surface area (Å²) in [7, 11) is 0. The Morgan fingerprint density at radius 2 is 2.06 bits per heavy atom. The van der Waals surface area contributed by atoms with Crippen molar-refractivity contribution in [2.45, 2.75) is 70.6 Å². The van der Waals surface area contributed by atoms with Crippen molar-refractivity contribution in [3.8, 4) is 0 Å². The molecule has 0 aliphatic carbocycles. The van der Waals surface area contributed by atoms with Gasteiger partial charge in [-0.1, -0.05) is 6.42 Å². The monoisotopic (exact) mass is 229 g/mol. The zero-order chi connectivity index (χ0) is 12.2. The van der Waals surface area contributed by atoms with Gasteiger partial charge in [0.1, 0.15) is 0 Å². The minimum Gasteiger partial charge on any atom is -0.393 e. The summed E-state index contributed by atoms with van der Waals surface area (Å²) >= 11 is 0. The Morgan fingerprint density at radius 3 is 2.62 bits per heavy atom. The van der Waals surface area contributed by atoms with Crippen molar-refractivity contribution in [1.82, 2.24) is 4.90 Å². The van der Waals surface area contributed by atoms with Gasteiger partial charge >= 0.3 is 0 Å². The predicted molar refractivity (Wildman–Crippen MR) is 66.4 cm³/mol. The van der Waals surface area contributed by atoms with Gasteiger partial charge in [-0.05, 0) is 53.0 Å². The van der Waals surface area contributed by atoms with Crippen molar-refractivity contribution >= 4 is 0 Å². The molecule has 16 heavy (non-hydrogen) atoms. The van der Waals surface area contributed by atoms with Crippen LogP contribution in [0.3, 0.4) is 0 Å². The maximum Gasteiger partial charge on any atom is 0.0603 e. The molecule has 0 amide bonds. The van der Waals surface area contributed by atoms with Gasteiger partial charge in [0, 0.05) is 12.6 Å². The molecule has 1 aliphatic heterocycles. The number of aliphatic hydroxyl groups excluding tert-OH is 1. The Bertz CT molecular complexity index is 199. The van der Waals surface area contributed by atoms with Crippen LogP contribution in [0.4, 0.5) is 0 Å². The molecule has 3 nitrogen and oxygen atoms in total. The third-order valence-electron chi connectivity index (χ3n) is 3.37. The maximum absolute atomic E-state index is 9.74. The van der Waals surface area contributed by atoms with Crippen molar-refractivity contribution in [2.75, 3.05) is 13.1 Å². The summed E-state index contributed by atoms with van der Waals surface area (Å²) in [4.78, 5) is 2.44.